The molecule has 2 amide bonds. The molecule has 3 N–H and O–H groups in total. The van der Waals surface area contributed by atoms with Crippen molar-refractivity contribution in [1.82, 2.24) is 20.1 Å². The van der Waals surface area contributed by atoms with Gasteiger partial charge in [-0.05, 0) is 25.0 Å². The van der Waals surface area contributed by atoms with E-state index < -0.39 is 12.9 Å². The Morgan fingerprint density at radius 1 is 1.35 bits per heavy atom. The summed E-state index contributed by atoms with van der Waals surface area (Å²) in [6.45, 7) is -2.70. The van der Waals surface area contributed by atoms with Gasteiger partial charge in [-0.2, -0.15) is 10.4 Å². The summed E-state index contributed by atoms with van der Waals surface area (Å²) < 4.78 is 29.1. The van der Waals surface area contributed by atoms with Crippen LogP contribution in [0.3, 0.4) is 0 Å². The van der Waals surface area contributed by atoms with E-state index in [9.17, 15) is 9.59 Å². The highest BCUT2D eigenvalue weighted by Crippen LogP contribution is 2.37. The van der Waals surface area contributed by atoms with Crippen LogP contribution in [-0.2, 0) is 11.3 Å². The third kappa shape index (κ3) is 3.98. The van der Waals surface area contributed by atoms with Gasteiger partial charge in [0, 0.05) is 34.7 Å². The molecule has 0 bridgehead atoms. The second-order valence-electron chi connectivity index (χ2n) is 7.00. The summed E-state index contributed by atoms with van der Waals surface area (Å²) in [4.78, 5) is 29.0. The summed E-state index contributed by atoms with van der Waals surface area (Å²) in [6, 6.07) is 6.95. The molecule has 2 heterocycles. The number of benzene rings is 1. The Morgan fingerprint density at radius 2 is 2.19 bits per heavy atom. The van der Waals surface area contributed by atoms with E-state index in [0.717, 1.165) is 18.2 Å². The number of aromatic nitrogens is 3. The first kappa shape index (κ1) is 16.6. The molecule has 1 saturated carbocycles. The number of amides is 2. The second kappa shape index (κ2) is 8.31. The van der Waals surface area contributed by atoms with E-state index in [1.165, 1.54) is 24.1 Å². The molecule has 1 aromatic carbocycles. The number of nitrogens with zero attached hydrogens (tertiary/aromatic N) is 4. The zero-order valence-corrected chi connectivity index (χ0v) is 16.6. The quantitative estimate of drug-likeness (QED) is 0.532. The number of ether oxygens (including phenoxy) is 1. The number of methoxy groups -OCH3 is 1. The molecule has 31 heavy (non-hydrogen) atoms. The lowest BCUT2D eigenvalue weighted by molar-refractivity contribution is -0.117. The number of hydrogen-bond acceptors (Lipinski definition) is 7. The lowest BCUT2D eigenvalue weighted by Gasteiger charge is -2.16. The molecule has 1 aliphatic carbocycles. The van der Waals surface area contributed by atoms with Gasteiger partial charge in [0.1, 0.15) is 17.9 Å². The molecule has 0 radical (unpaired) electrons. The van der Waals surface area contributed by atoms with Crippen LogP contribution in [0.1, 0.15) is 27.3 Å². The maximum Gasteiger partial charge on any atom is 0.254 e. The molecule has 2 aromatic heterocycles. The van der Waals surface area contributed by atoms with Crippen LogP contribution in [0, 0.1) is 17.2 Å². The van der Waals surface area contributed by atoms with E-state index >= 15 is 0 Å². The van der Waals surface area contributed by atoms with Crippen LogP contribution in [-0.4, -0.2) is 40.7 Å². The van der Waals surface area contributed by atoms with Gasteiger partial charge < -0.3 is 20.7 Å². The van der Waals surface area contributed by atoms with Gasteiger partial charge in [0.05, 0.1) is 36.3 Å². The van der Waals surface area contributed by atoms with Crippen LogP contribution in [0.25, 0.3) is 10.9 Å². The van der Waals surface area contributed by atoms with Crippen molar-refractivity contribution in [2.75, 3.05) is 24.7 Å². The van der Waals surface area contributed by atoms with Gasteiger partial charge in [0.2, 0.25) is 5.91 Å². The maximum absolute atomic E-state index is 12.7. The molecule has 10 nitrogen and oxygen atoms in total. The summed E-state index contributed by atoms with van der Waals surface area (Å²) in [7, 11) is 1.46. The molecular weight excluding hydrogens is 398 g/mol. The topological polar surface area (TPSA) is 134 Å². The van der Waals surface area contributed by atoms with E-state index in [4.69, 9.17) is 14.1 Å². The third-order valence-corrected chi connectivity index (χ3v) is 4.91. The van der Waals surface area contributed by atoms with Crippen molar-refractivity contribution in [1.29, 1.82) is 5.26 Å². The van der Waals surface area contributed by atoms with Crippen molar-refractivity contribution in [2.24, 2.45) is 5.92 Å². The van der Waals surface area contributed by atoms with E-state index in [1.54, 1.807) is 18.3 Å². The van der Waals surface area contributed by atoms with Gasteiger partial charge in [-0.25, -0.2) is 9.67 Å². The smallest absolute Gasteiger partial charge is 0.254 e. The van der Waals surface area contributed by atoms with Gasteiger partial charge >= 0.3 is 0 Å². The Balaban J connectivity index is 1.75. The Hall–Kier alpha value is -4.13. The summed E-state index contributed by atoms with van der Waals surface area (Å²) in [5.41, 5.74) is 1.15. The van der Waals surface area contributed by atoms with E-state index in [0.29, 0.717) is 17.0 Å². The number of anilines is 3. The molecular formula is C21H21N7O3. The molecule has 0 spiro atoms. The molecule has 158 valence electrons. The Kier molecular flexibility index (Phi) is 4.46. The standard InChI is InChI=1S/C21H21N7O3/c1-23-21(30)14-11-24-17(27-20(29)12-3-4-12)9-16(14)26-15-6-5-13-10-25-28(8-7-22)18(13)19(15)31-2/h5-6,9-12H,3-4,8H2,1-2H3,(H,23,30)(H2,24,26,27,29)/i1D3. The lowest BCUT2D eigenvalue weighted by atomic mass is 10.1. The zero-order valence-electron chi connectivity index (χ0n) is 19.6. The van der Waals surface area contributed by atoms with Crippen LogP contribution in [0.4, 0.5) is 17.2 Å². The fraction of sp³-hybridized carbons (Fsp3) is 0.286. The van der Waals surface area contributed by atoms with Crippen LogP contribution >= 0.6 is 0 Å². The van der Waals surface area contributed by atoms with E-state index in [1.807, 2.05) is 11.4 Å². The molecule has 0 atom stereocenters. The normalized spacial score (nSPS) is 14.6. The van der Waals surface area contributed by atoms with Gasteiger partial charge in [-0.3, -0.25) is 9.59 Å². The highest BCUT2D eigenvalue weighted by molar-refractivity contribution is 6.02. The molecule has 4 rings (SSSR count). The third-order valence-electron chi connectivity index (χ3n) is 4.91. The first-order valence-corrected chi connectivity index (χ1v) is 9.50. The van der Waals surface area contributed by atoms with Crippen molar-refractivity contribution >= 4 is 39.9 Å². The van der Waals surface area contributed by atoms with Crippen molar-refractivity contribution in [3.8, 4) is 11.8 Å². The van der Waals surface area contributed by atoms with Crippen molar-refractivity contribution < 1.29 is 18.4 Å². The van der Waals surface area contributed by atoms with E-state index in [2.05, 4.69) is 20.7 Å². The number of fused-ring (bicyclic) bond motifs is 1. The maximum atomic E-state index is 12.7. The minimum Gasteiger partial charge on any atom is -0.492 e. The average Bonchev–Trinajstić information content (AvgIpc) is 3.55. The first-order chi connectivity index (χ1) is 16.2. The highest BCUT2D eigenvalue weighted by atomic mass is 16.5. The lowest BCUT2D eigenvalue weighted by Crippen LogP contribution is -2.20. The Bertz CT molecular complexity index is 1310. The molecule has 0 aliphatic heterocycles. The summed E-state index contributed by atoms with van der Waals surface area (Å²) in [5.74, 6) is -0.519. The second-order valence-corrected chi connectivity index (χ2v) is 7.00. The van der Waals surface area contributed by atoms with Crippen LogP contribution in [0.15, 0.2) is 30.6 Å². The van der Waals surface area contributed by atoms with Gasteiger partial charge in [0.15, 0.2) is 5.75 Å². The van der Waals surface area contributed by atoms with Crippen LogP contribution in [0.2, 0.25) is 0 Å². The molecule has 0 unspecified atom stereocenters. The predicted molar refractivity (Wildman–Crippen MR) is 114 cm³/mol. The summed E-state index contributed by atoms with van der Waals surface area (Å²) >= 11 is 0. The van der Waals surface area contributed by atoms with E-state index in [-0.39, 0.29) is 35.4 Å². The van der Waals surface area contributed by atoms with Gasteiger partial charge in [-0.1, -0.05) is 0 Å². The minimum absolute atomic E-state index is 0.00214. The average molecular weight is 422 g/mol. The number of pyridine rings is 1. The largest absolute Gasteiger partial charge is 0.492 e. The fourth-order valence-electron chi connectivity index (χ4n) is 3.23. The number of nitriles is 1. The molecule has 0 saturated heterocycles. The number of nitrogens with one attached hydrogen (secondary N) is 3. The Labute approximate surface area is 182 Å². The van der Waals surface area contributed by atoms with Gasteiger partial charge in [0.25, 0.3) is 5.91 Å². The SMILES string of the molecule is [2H]C([2H])([2H])NC(=O)c1cnc(NC(=O)C2CC2)cc1Nc1ccc2cnn(CC#N)c2c1OC. The number of hydrogen-bond donors (Lipinski definition) is 3. The minimum atomic E-state index is -2.70. The highest BCUT2D eigenvalue weighted by Gasteiger charge is 2.30. The summed E-state index contributed by atoms with van der Waals surface area (Å²) in [5, 5.41) is 21.8. The van der Waals surface area contributed by atoms with Gasteiger partial charge in [-0.15, -0.1) is 0 Å². The van der Waals surface area contributed by atoms with Crippen molar-refractivity contribution in [2.45, 2.75) is 19.4 Å². The number of carbonyl (C=O) groups is 2. The first-order valence-electron chi connectivity index (χ1n) is 11.0. The van der Waals surface area contributed by atoms with Crippen LogP contribution < -0.4 is 20.7 Å². The summed E-state index contributed by atoms with van der Waals surface area (Å²) in [6.07, 6.45) is 4.41. The molecule has 1 fully saturated rings. The number of rotatable bonds is 7. The molecule has 1 aliphatic rings. The van der Waals surface area contributed by atoms with Crippen LogP contribution in [0.5, 0.6) is 5.75 Å². The van der Waals surface area contributed by atoms with Crippen molar-refractivity contribution in [3.05, 3.63) is 36.2 Å². The monoisotopic (exact) mass is 422 g/mol. The van der Waals surface area contributed by atoms with Crippen molar-refractivity contribution in [3.63, 3.8) is 0 Å². The molecule has 3 aromatic rings. The fourth-order valence-corrected chi connectivity index (χ4v) is 3.23. The predicted octanol–water partition coefficient (Wildman–Crippen LogP) is 2.42. The molecule has 10 heteroatoms. The Morgan fingerprint density at radius 3 is 2.90 bits per heavy atom. The zero-order chi connectivity index (χ0) is 24.5. The number of carbonyl (C=O) groups excluding carboxylic acids is 2.